The number of nitrogens with zero attached hydrogens (tertiary/aromatic N) is 2. The van der Waals surface area contributed by atoms with Crippen LogP contribution in [0.3, 0.4) is 0 Å². The van der Waals surface area contributed by atoms with E-state index in [1.807, 2.05) is 19.1 Å². The largest absolute Gasteiger partial charge is 0.452 e. The number of pyridine rings is 1. The van der Waals surface area contributed by atoms with Gasteiger partial charge in [-0.3, -0.25) is 14.7 Å². The average molecular weight is 390 g/mol. The molecule has 0 unspecified atom stereocenters. The summed E-state index contributed by atoms with van der Waals surface area (Å²) in [6.45, 7) is 2.16. The van der Waals surface area contributed by atoms with Crippen molar-refractivity contribution < 1.29 is 14.3 Å². The summed E-state index contributed by atoms with van der Waals surface area (Å²) in [5.41, 5.74) is 9.73. The molecule has 0 saturated carbocycles. The Morgan fingerprint density at radius 1 is 1.07 bits per heavy atom. The fraction of sp³-hybridized carbons (Fsp3) is 0.136. The molecule has 2 aromatic carbocycles. The number of ether oxygens (including phenoxy) is 1. The molecule has 7 nitrogen and oxygen atoms in total. The molecule has 0 aliphatic heterocycles. The molecule has 0 fully saturated rings. The Bertz CT molecular complexity index is 1000. The molecule has 0 saturated heterocycles. The number of anilines is 3. The molecule has 0 aliphatic rings. The van der Waals surface area contributed by atoms with E-state index in [2.05, 4.69) is 10.3 Å². The Labute approximate surface area is 169 Å². The molecule has 3 N–H and O–H groups in total. The molecule has 0 aliphatic carbocycles. The van der Waals surface area contributed by atoms with Crippen LogP contribution in [-0.2, 0) is 11.3 Å². The number of para-hydroxylation sites is 2. The van der Waals surface area contributed by atoms with Crippen LogP contribution in [0.2, 0.25) is 0 Å². The van der Waals surface area contributed by atoms with Gasteiger partial charge in [-0.25, -0.2) is 4.79 Å². The Morgan fingerprint density at radius 2 is 1.79 bits per heavy atom. The number of aryl methyl sites for hydroxylation is 1. The Balaban J connectivity index is 1.74. The SMILES string of the molecule is COC(=O)N(Cc1ccc(C(=O)Nc2ccccc2N)cc1)c1ccc(C)nc1. The second-order valence-corrected chi connectivity index (χ2v) is 6.45. The van der Waals surface area contributed by atoms with E-state index in [9.17, 15) is 9.59 Å². The maximum atomic E-state index is 12.4. The first-order valence-electron chi connectivity index (χ1n) is 9.01. The van der Waals surface area contributed by atoms with Crippen LogP contribution < -0.4 is 16.0 Å². The quantitative estimate of drug-likeness (QED) is 0.642. The number of hydrogen-bond donors (Lipinski definition) is 2. The van der Waals surface area contributed by atoms with E-state index in [1.165, 1.54) is 12.0 Å². The third-order valence-electron chi connectivity index (χ3n) is 4.37. The monoisotopic (exact) mass is 390 g/mol. The van der Waals surface area contributed by atoms with E-state index in [4.69, 9.17) is 10.5 Å². The Hall–Kier alpha value is -3.87. The number of nitrogens with one attached hydrogen (secondary N) is 1. The van der Waals surface area contributed by atoms with Crippen LogP contribution in [0, 0.1) is 6.92 Å². The summed E-state index contributed by atoms with van der Waals surface area (Å²) in [5.74, 6) is -0.262. The molecule has 2 amide bonds. The average Bonchev–Trinajstić information content (AvgIpc) is 2.74. The van der Waals surface area contributed by atoms with Gasteiger partial charge in [0.25, 0.3) is 5.91 Å². The van der Waals surface area contributed by atoms with E-state index < -0.39 is 6.09 Å². The minimum absolute atomic E-state index is 0.262. The van der Waals surface area contributed by atoms with Gasteiger partial charge in [0, 0.05) is 11.3 Å². The summed E-state index contributed by atoms with van der Waals surface area (Å²) < 4.78 is 4.89. The van der Waals surface area contributed by atoms with Crippen LogP contribution >= 0.6 is 0 Å². The molecular formula is C22H22N4O3. The van der Waals surface area contributed by atoms with Gasteiger partial charge < -0.3 is 15.8 Å². The number of amides is 2. The van der Waals surface area contributed by atoms with Gasteiger partial charge in [0.15, 0.2) is 0 Å². The smallest absolute Gasteiger partial charge is 0.414 e. The van der Waals surface area contributed by atoms with Gasteiger partial charge in [-0.2, -0.15) is 0 Å². The zero-order valence-electron chi connectivity index (χ0n) is 16.3. The zero-order chi connectivity index (χ0) is 20.8. The highest BCUT2D eigenvalue weighted by Crippen LogP contribution is 2.20. The van der Waals surface area contributed by atoms with Gasteiger partial charge in [0.2, 0.25) is 0 Å². The number of nitrogens with two attached hydrogens (primary N) is 1. The van der Waals surface area contributed by atoms with Crippen molar-refractivity contribution in [2.24, 2.45) is 0 Å². The molecule has 0 atom stereocenters. The van der Waals surface area contributed by atoms with Crippen molar-refractivity contribution in [3.8, 4) is 0 Å². The number of aromatic nitrogens is 1. The minimum Gasteiger partial charge on any atom is -0.452 e. The highest BCUT2D eigenvalue weighted by Gasteiger charge is 2.17. The van der Waals surface area contributed by atoms with Crippen LogP contribution in [-0.4, -0.2) is 24.1 Å². The highest BCUT2D eigenvalue weighted by molar-refractivity contribution is 6.05. The molecule has 0 radical (unpaired) electrons. The summed E-state index contributed by atoms with van der Waals surface area (Å²) >= 11 is 0. The molecule has 148 valence electrons. The third kappa shape index (κ3) is 4.90. The van der Waals surface area contributed by atoms with Gasteiger partial charge in [0.1, 0.15) is 0 Å². The molecular weight excluding hydrogens is 368 g/mol. The Morgan fingerprint density at radius 3 is 2.41 bits per heavy atom. The second kappa shape index (κ2) is 8.88. The first-order chi connectivity index (χ1) is 14.0. The van der Waals surface area contributed by atoms with Crippen molar-refractivity contribution in [3.63, 3.8) is 0 Å². The number of carbonyl (C=O) groups is 2. The molecule has 7 heteroatoms. The number of hydrogen-bond acceptors (Lipinski definition) is 5. The fourth-order valence-electron chi connectivity index (χ4n) is 2.74. The van der Waals surface area contributed by atoms with Gasteiger partial charge in [0.05, 0.1) is 36.9 Å². The lowest BCUT2D eigenvalue weighted by Crippen LogP contribution is -2.30. The van der Waals surface area contributed by atoms with E-state index in [0.717, 1.165) is 11.3 Å². The third-order valence-corrected chi connectivity index (χ3v) is 4.37. The molecule has 0 spiro atoms. The standard InChI is InChI=1S/C22H22N4O3/c1-15-7-12-18(13-24-15)26(22(28)29-2)14-16-8-10-17(11-9-16)21(27)25-20-6-4-3-5-19(20)23/h3-13H,14,23H2,1-2H3,(H,25,27). The van der Waals surface area contributed by atoms with Gasteiger partial charge in [-0.05, 0) is 48.9 Å². The predicted molar refractivity (Wildman–Crippen MR) is 113 cm³/mol. The molecule has 0 bridgehead atoms. The molecule has 1 heterocycles. The van der Waals surface area contributed by atoms with Gasteiger partial charge in [-0.15, -0.1) is 0 Å². The topological polar surface area (TPSA) is 97.5 Å². The predicted octanol–water partition coefficient (Wildman–Crippen LogP) is 4.00. The number of benzene rings is 2. The lowest BCUT2D eigenvalue weighted by molar-refractivity contribution is 0.102. The summed E-state index contributed by atoms with van der Waals surface area (Å²) in [6, 6.07) is 17.7. The van der Waals surface area contributed by atoms with E-state index in [-0.39, 0.29) is 12.5 Å². The molecule has 1 aromatic heterocycles. The summed E-state index contributed by atoms with van der Waals surface area (Å²) in [6.07, 6.45) is 1.13. The van der Waals surface area contributed by atoms with Crippen molar-refractivity contribution in [1.29, 1.82) is 0 Å². The van der Waals surface area contributed by atoms with Crippen molar-refractivity contribution in [3.05, 3.63) is 83.7 Å². The van der Waals surface area contributed by atoms with Crippen LogP contribution in [0.5, 0.6) is 0 Å². The minimum atomic E-state index is -0.489. The lowest BCUT2D eigenvalue weighted by Gasteiger charge is -2.21. The van der Waals surface area contributed by atoms with Crippen LogP contribution in [0.4, 0.5) is 21.9 Å². The van der Waals surface area contributed by atoms with E-state index in [0.29, 0.717) is 22.6 Å². The normalized spacial score (nSPS) is 10.3. The second-order valence-electron chi connectivity index (χ2n) is 6.45. The first-order valence-corrected chi connectivity index (χ1v) is 9.01. The number of carbonyl (C=O) groups excluding carboxylic acids is 2. The van der Waals surface area contributed by atoms with Crippen LogP contribution in [0.15, 0.2) is 66.9 Å². The van der Waals surface area contributed by atoms with Gasteiger partial charge in [-0.1, -0.05) is 24.3 Å². The summed E-state index contributed by atoms with van der Waals surface area (Å²) in [4.78, 5) is 30.4. The van der Waals surface area contributed by atoms with Crippen molar-refractivity contribution >= 4 is 29.1 Å². The van der Waals surface area contributed by atoms with Crippen molar-refractivity contribution in [1.82, 2.24) is 4.98 Å². The molecule has 3 rings (SSSR count). The summed E-state index contributed by atoms with van der Waals surface area (Å²) in [5, 5.41) is 2.79. The van der Waals surface area contributed by atoms with Crippen molar-refractivity contribution in [2.45, 2.75) is 13.5 Å². The highest BCUT2D eigenvalue weighted by atomic mass is 16.5. The maximum absolute atomic E-state index is 12.4. The number of nitrogen functional groups attached to an aromatic ring is 1. The molecule has 29 heavy (non-hydrogen) atoms. The van der Waals surface area contributed by atoms with E-state index in [1.54, 1.807) is 54.7 Å². The van der Waals surface area contributed by atoms with Crippen LogP contribution in [0.25, 0.3) is 0 Å². The summed E-state index contributed by atoms with van der Waals surface area (Å²) in [7, 11) is 1.33. The maximum Gasteiger partial charge on any atom is 0.414 e. The Kier molecular flexibility index (Phi) is 6.09. The van der Waals surface area contributed by atoms with Crippen LogP contribution in [0.1, 0.15) is 21.6 Å². The molecule has 3 aromatic rings. The number of rotatable bonds is 5. The van der Waals surface area contributed by atoms with E-state index >= 15 is 0 Å². The lowest BCUT2D eigenvalue weighted by atomic mass is 10.1. The van der Waals surface area contributed by atoms with Gasteiger partial charge >= 0.3 is 6.09 Å². The first kappa shape index (κ1) is 19.9. The van der Waals surface area contributed by atoms with Crippen molar-refractivity contribution in [2.75, 3.05) is 23.1 Å². The zero-order valence-corrected chi connectivity index (χ0v) is 16.3. The fourth-order valence-corrected chi connectivity index (χ4v) is 2.74. The number of methoxy groups -OCH3 is 1.